The summed E-state index contributed by atoms with van der Waals surface area (Å²) in [5, 5.41) is 10.0. The maximum absolute atomic E-state index is 13.0. The van der Waals surface area contributed by atoms with Gasteiger partial charge >= 0.3 is 0 Å². The highest BCUT2D eigenvalue weighted by Crippen LogP contribution is 2.33. The monoisotopic (exact) mass is 327 g/mol. The summed E-state index contributed by atoms with van der Waals surface area (Å²) in [4.78, 5) is 14.5. The number of β-amino-alcohol motifs (C(OH)–C–C–N with tert-alkyl or cyclic N) is 1. The van der Waals surface area contributed by atoms with Crippen LogP contribution in [-0.4, -0.2) is 28.6 Å². The molecule has 0 unspecified atom stereocenters. The third-order valence-electron chi connectivity index (χ3n) is 4.70. The number of hydrogen-bond acceptors (Lipinski definition) is 2. The quantitative estimate of drug-likeness (QED) is 0.931. The van der Waals surface area contributed by atoms with Gasteiger partial charge in [0.2, 0.25) is 5.91 Å². The molecule has 0 aromatic heterocycles. The third-order valence-corrected chi connectivity index (χ3v) is 4.70. The van der Waals surface area contributed by atoms with Gasteiger partial charge in [-0.3, -0.25) is 4.79 Å². The van der Waals surface area contributed by atoms with Gasteiger partial charge in [-0.05, 0) is 35.6 Å². The van der Waals surface area contributed by atoms with Crippen molar-refractivity contribution >= 4 is 5.91 Å². The van der Waals surface area contributed by atoms with Crippen molar-refractivity contribution in [3.63, 3.8) is 0 Å². The predicted octanol–water partition coefficient (Wildman–Crippen LogP) is 3.65. The Hall–Kier alpha value is -2.20. The smallest absolute Gasteiger partial charge is 0.223 e. The molecule has 1 aliphatic rings. The van der Waals surface area contributed by atoms with E-state index in [4.69, 9.17) is 0 Å². The van der Waals surface area contributed by atoms with Gasteiger partial charge in [-0.1, -0.05) is 49.4 Å². The Kier molecular flexibility index (Phi) is 4.95. The van der Waals surface area contributed by atoms with E-state index in [1.54, 1.807) is 17.0 Å². The zero-order chi connectivity index (χ0) is 17.1. The summed E-state index contributed by atoms with van der Waals surface area (Å²) in [5.41, 5.74) is 2.00. The van der Waals surface area contributed by atoms with Crippen LogP contribution in [0.4, 0.5) is 4.39 Å². The number of carbonyl (C=O) groups excluding carboxylic acids is 1. The molecular weight excluding hydrogens is 305 g/mol. The molecule has 3 atom stereocenters. The van der Waals surface area contributed by atoms with E-state index >= 15 is 0 Å². The van der Waals surface area contributed by atoms with Crippen LogP contribution < -0.4 is 0 Å². The van der Waals surface area contributed by atoms with Crippen molar-refractivity contribution in [3.8, 4) is 0 Å². The largest absolute Gasteiger partial charge is 0.391 e. The fraction of sp³-hybridized carbons (Fsp3) is 0.350. The Morgan fingerprint density at radius 2 is 1.88 bits per heavy atom. The second-order valence-corrected chi connectivity index (χ2v) is 6.52. The normalized spacial score (nSPS) is 21.7. The van der Waals surface area contributed by atoms with Crippen molar-refractivity contribution < 1.29 is 14.3 Å². The summed E-state index contributed by atoms with van der Waals surface area (Å²) < 4.78 is 13.0. The van der Waals surface area contributed by atoms with Gasteiger partial charge in [0, 0.05) is 13.0 Å². The first kappa shape index (κ1) is 16.7. The fourth-order valence-corrected chi connectivity index (χ4v) is 3.37. The molecule has 0 spiro atoms. The first-order valence-electron chi connectivity index (χ1n) is 8.32. The topological polar surface area (TPSA) is 40.5 Å². The molecule has 1 aliphatic heterocycles. The lowest BCUT2D eigenvalue weighted by Gasteiger charge is -2.26. The number of likely N-dealkylation sites (tertiary alicyclic amines) is 1. The molecule has 0 saturated carbocycles. The second-order valence-electron chi connectivity index (χ2n) is 6.52. The van der Waals surface area contributed by atoms with Gasteiger partial charge in [-0.15, -0.1) is 0 Å². The van der Waals surface area contributed by atoms with Gasteiger partial charge in [0.25, 0.3) is 0 Å². The zero-order valence-corrected chi connectivity index (χ0v) is 13.7. The van der Waals surface area contributed by atoms with Crippen LogP contribution in [0.5, 0.6) is 0 Å². The first-order chi connectivity index (χ1) is 11.5. The lowest BCUT2D eigenvalue weighted by atomic mass is 9.96. The summed E-state index contributed by atoms with van der Waals surface area (Å²) >= 11 is 0. The molecule has 24 heavy (non-hydrogen) atoms. The molecular formula is C20H22FNO2. The molecule has 126 valence electrons. The highest BCUT2D eigenvalue weighted by Gasteiger charge is 2.35. The number of aliphatic hydroxyl groups excluding tert-OH is 1. The number of benzene rings is 2. The molecule has 1 amide bonds. The Balaban J connectivity index is 1.72. The van der Waals surface area contributed by atoms with Crippen LogP contribution in [0.25, 0.3) is 0 Å². The SMILES string of the molecule is C[C@H](CC(=O)N1C[C@H](O)C[C@@H]1c1ccccc1)c1ccc(F)cc1. The first-order valence-corrected chi connectivity index (χ1v) is 8.32. The van der Waals surface area contributed by atoms with Crippen molar-refractivity contribution in [3.05, 3.63) is 71.5 Å². The summed E-state index contributed by atoms with van der Waals surface area (Å²) in [5.74, 6) is -0.242. The van der Waals surface area contributed by atoms with E-state index < -0.39 is 6.10 Å². The Morgan fingerprint density at radius 3 is 2.54 bits per heavy atom. The standard InChI is InChI=1S/C20H22FNO2/c1-14(15-7-9-17(21)10-8-15)11-20(24)22-13-18(23)12-19(22)16-5-3-2-4-6-16/h2-10,14,18-19,23H,11-13H2,1H3/t14-,18-,19-/m1/s1. The Labute approximate surface area is 141 Å². The van der Waals surface area contributed by atoms with E-state index in [1.807, 2.05) is 37.3 Å². The lowest BCUT2D eigenvalue weighted by Crippen LogP contribution is -2.32. The van der Waals surface area contributed by atoms with Gasteiger partial charge in [0.1, 0.15) is 5.82 Å². The minimum Gasteiger partial charge on any atom is -0.391 e. The van der Waals surface area contributed by atoms with E-state index in [0.717, 1.165) is 11.1 Å². The zero-order valence-electron chi connectivity index (χ0n) is 13.7. The van der Waals surface area contributed by atoms with E-state index in [1.165, 1.54) is 12.1 Å². The molecule has 1 heterocycles. The molecule has 2 aromatic rings. The number of hydrogen-bond donors (Lipinski definition) is 1. The number of nitrogens with zero attached hydrogens (tertiary/aromatic N) is 1. The molecule has 1 saturated heterocycles. The molecule has 2 aromatic carbocycles. The van der Waals surface area contributed by atoms with Crippen LogP contribution >= 0.6 is 0 Å². The van der Waals surface area contributed by atoms with Crippen LogP contribution in [0.3, 0.4) is 0 Å². The Bertz CT molecular complexity index is 687. The summed E-state index contributed by atoms with van der Waals surface area (Å²) in [6.07, 6.45) is 0.433. The highest BCUT2D eigenvalue weighted by atomic mass is 19.1. The molecule has 4 heteroatoms. The minimum atomic E-state index is -0.486. The minimum absolute atomic E-state index is 0.00673. The van der Waals surface area contributed by atoms with Crippen molar-refractivity contribution in [2.24, 2.45) is 0 Å². The van der Waals surface area contributed by atoms with Gasteiger partial charge in [-0.2, -0.15) is 0 Å². The molecule has 1 N–H and O–H groups in total. The van der Waals surface area contributed by atoms with Crippen LogP contribution in [0.2, 0.25) is 0 Å². The molecule has 3 rings (SSSR count). The van der Waals surface area contributed by atoms with E-state index in [9.17, 15) is 14.3 Å². The third kappa shape index (κ3) is 3.65. The van der Waals surface area contributed by atoms with Crippen LogP contribution in [0, 0.1) is 5.82 Å². The average molecular weight is 327 g/mol. The van der Waals surface area contributed by atoms with Crippen LogP contribution in [0.15, 0.2) is 54.6 Å². The van der Waals surface area contributed by atoms with Crippen LogP contribution in [-0.2, 0) is 4.79 Å². The van der Waals surface area contributed by atoms with Crippen molar-refractivity contribution in [1.29, 1.82) is 0 Å². The highest BCUT2D eigenvalue weighted by molar-refractivity contribution is 5.78. The van der Waals surface area contributed by atoms with E-state index in [0.29, 0.717) is 19.4 Å². The summed E-state index contributed by atoms with van der Waals surface area (Å²) in [6, 6.07) is 16.0. The molecule has 3 nitrogen and oxygen atoms in total. The van der Waals surface area contributed by atoms with Crippen molar-refractivity contribution in [1.82, 2.24) is 4.90 Å². The van der Waals surface area contributed by atoms with Crippen molar-refractivity contribution in [2.75, 3.05) is 6.54 Å². The van der Waals surface area contributed by atoms with Crippen molar-refractivity contribution in [2.45, 2.75) is 37.8 Å². The number of aliphatic hydroxyl groups is 1. The van der Waals surface area contributed by atoms with Gasteiger partial charge in [-0.25, -0.2) is 4.39 Å². The van der Waals surface area contributed by atoms with E-state index in [-0.39, 0.29) is 23.7 Å². The van der Waals surface area contributed by atoms with Gasteiger partial charge in [0.15, 0.2) is 0 Å². The molecule has 0 aliphatic carbocycles. The second kappa shape index (κ2) is 7.14. The summed E-state index contributed by atoms with van der Waals surface area (Å²) in [6.45, 7) is 2.34. The van der Waals surface area contributed by atoms with E-state index in [2.05, 4.69) is 0 Å². The van der Waals surface area contributed by atoms with Gasteiger partial charge < -0.3 is 10.0 Å². The Morgan fingerprint density at radius 1 is 1.21 bits per heavy atom. The number of amides is 1. The van der Waals surface area contributed by atoms with Gasteiger partial charge in [0.05, 0.1) is 12.1 Å². The number of carbonyl (C=O) groups is 1. The maximum Gasteiger partial charge on any atom is 0.223 e. The molecule has 0 radical (unpaired) electrons. The van der Waals surface area contributed by atoms with Crippen LogP contribution in [0.1, 0.15) is 42.9 Å². The molecule has 1 fully saturated rings. The lowest BCUT2D eigenvalue weighted by molar-refractivity contribution is -0.132. The maximum atomic E-state index is 13.0. The number of halogens is 1. The fourth-order valence-electron chi connectivity index (χ4n) is 3.37. The summed E-state index contributed by atoms with van der Waals surface area (Å²) in [7, 11) is 0. The molecule has 0 bridgehead atoms. The number of rotatable bonds is 4. The average Bonchev–Trinajstić information content (AvgIpc) is 2.98. The predicted molar refractivity (Wildman–Crippen MR) is 91.0 cm³/mol.